The first-order valence-electron chi connectivity index (χ1n) is 5.77. The molecule has 0 fully saturated rings. The Labute approximate surface area is 105 Å². The van der Waals surface area contributed by atoms with Crippen molar-refractivity contribution < 1.29 is 4.79 Å². The fourth-order valence-electron chi connectivity index (χ4n) is 1.64. The topological polar surface area (TPSA) is 56.0 Å². The van der Waals surface area contributed by atoms with Gasteiger partial charge in [-0.1, -0.05) is 12.1 Å². The van der Waals surface area contributed by atoms with Gasteiger partial charge >= 0.3 is 0 Å². The van der Waals surface area contributed by atoms with Gasteiger partial charge < -0.3 is 5.73 Å². The lowest BCUT2D eigenvalue weighted by molar-refractivity contribution is -0.118. The smallest absolute Gasteiger partial charge is 0.139 e. The second-order valence-corrected chi connectivity index (χ2v) is 5.42. The summed E-state index contributed by atoms with van der Waals surface area (Å²) >= 11 is 1.60. The number of aromatic nitrogens is 1. The predicted molar refractivity (Wildman–Crippen MR) is 71.2 cm³/mol. The van der Waals surface area contributed by atoms with Crippen LogP contribution in [0.2, 0.25) is 0 Å². The van der Waals surface area contributed by atoms with Gasteiger partial charge in [0.25, 0.3) is 0 Å². The Hall–Kier alpha value is -1.26. The molecule has 1 aromatic heterocycles. The molecule has 2 N–H and O–H groups in total. The average molecular weight is 248 g/mol. The first-order valence-corrected chi connectivity index (χ1v) is 6.58. The number of hydrogen-bond donors (Lipinski definition) is 1. The second kappa shape index (κ2) is 5.38. The van der Waals surface area contributed by atoms with Crippen molar-refractivity contribution in [1.82, 2.24) is 4.98 Å². The molecule has 17 heavy (non-hydrogen) atoms. The Morgan fingerprint density at radius 2 is 2.24 bits per heavy atom. The third-order valence-corrected chi connectivity index (χ3v) is 3.60. The second-order valence-electron chi connectivity index (χ2n) is 4.31. The standard InChI is InChI=1S/C13H16N2OS/c1-9(14)6-7-10(16)8-13-15-11-4-2-3-5-12(11)17-13/h2-5,9H,6-8,14H2,1H3. The molecule has 1 aromatic carbocycles. The van der Waals surface area contributed by atoms with Gasteiger partial charge in [0.1, 0.15) is 10.8 Å². The van der Waals surface area contributed by atoms with E-state index in [-0.39, 0.29) is 11.8 Å². The fourth-order valence-corrected chi connectivity index (χ4v) is 2.64. The molecule has 0 aliphatic heterocycles. The van der Waals surface area contributed by atoms with Gasteiger partial charge in [-0.15, -0.1) is 11.3 Å². The van der Waals surface area contributed by atoms with Crippen molar-refractivity contribution in [3.63, 3.8) is 0 Å². The molecule has 1 unspecified atom stereocenters. The zero-order valence-electron chi connectivity index (χ0n) is 9.85. The van der Waals surface area contributed by atoms with Crippen molar-refractivity contribution in [1.29, 1.82) is 0 Å². The van der Waals surface area contributed by atoms with E-state index in [4.69, 9.17) is 5.73 Å². The summed E-state index contributed by atoms with van der Waals surface area (Å²) in [4.78, 5) is 16.2. The minimum atomic E-state index is 0.0920. The predicted octanol–water partition coefficient (Wildman–Crippen LogP) is 2.54. The van der Waals surface area contributed by atoms with Crippen molar-refractivity contribution in [2.45, 2.75) is 32.2 Å². The summed E-state index contributed by atoms with van der Waals surface area (Å²) in [6, 6.07) is 8.05. The van der Waals surface area contributed by atoms with E-state index in [9.17, 15) is 4.79 Å². The molecule has 0 radical (unpaired) electrons. The maximum absolute atomic E-state index is 11.7. The molecule has 2 aromatic rings. The normalized spacial score (nSPS) is 12.8. The number of thiazole rings is 1. The SMILES string of the molecule is CC(N)CCC(=O)Cc1nc2ccccc2s1. The molecule has 0 aliphatic rings. The van der Waals surface area contributed by atoms with E-state index >= 15 is 0 Å². The molecule has 0 amide bonds. The number of fused-ring (bicyclic) bond motifs is 1. The van der Waals surface area contributed by atoms with Crippen LogP contribution in [0.1, 0.15) is 24.8 Å². The summed E-state index contributed by atoms with van der Waals surface area (Å²) in [7, 11) is 0. The summed E-state index contributed by atoms with van der Waals surface area (Å²) < 4.78 is 1.14. The molecule has 0 saturated carbocycles. The van der Waals surface area contributed by atoms with Crippen molar-refractivity contribution in [2.24, 2.45) is 5.73 Å². The number of para-hydroxylation sites is 1. The molecule has 0 bridgehead atoms. The zero-order valence-corrected chi connectivity index (χ0v) is 10.7. The number of Topliss-reactive ketones (excluding diaryl/α,β-unsaturated/α-hetero) is 1. The molecule has 0 saturated heterocycles. The van der Waals surface area contributed by atoms with Gasteiger partial charge in [-0.25, -0.2) is 4.98 Å². The van der Waals surface area contributed by atoms with E-state index in [1.807, 2.05) is 31.2 Å². The van der Waals surface area contributed by atoms with Crippen LogP contribution in [0.5, 0.6) is 0 Å². The van der Waals surface area contributed by atoms with Crippen molar-refractivity contribution in [2.75, 3.05) is 0 Å². The highest BCUT2D eigenvalue weighted by molar-refractivity contribution is 7.18. The summed E-state index contributed by atoms with van der Waals surface area (Å²) in [5.74, 6) is 0.223. The number of carbonyl (C=O) groups excluding carboxylic acids is 1. The lowest BCUT2D eigenvalue weighted by Gasteiger charge is -2.02. The Morgan fingerprint density at radius 1 is 1.47 bits per heavy atom. The van der Waals surface area contributed by atoms with E-state index in [0.29, 0.717) is 12.8 Å². The first-order chi connectivity index (χ1) is 8.15. The molecule has 90 valence electrons. The first kappa shape index (κ1) is 12.2. The Kier molecular flexibility index (Phi) is 3.86. The Bertz CT molecular complexity index is 486. The molecule has 3 nitrogen and oxygen atoms in total. The fraction of sp³-hybridized carbons (Fsp3) is 0.385. The van der Waals surface area contributed by atoms with Gasteiger partial charge in [-0.2, -0.15) is 0 Å². The van der Waals surface area contributed by atoms with Crippen LogP contribution in [0.25, 0.3) is 10.2 Å². The maximum Gasteiger partial charge on any atom is 0.139 e. The van der Waals surface area contributed by atoms with Crippen LogP contribution in [-0.2, 0) is 11.2 Å². The molecule has 0 aliphatic carbocycles. The minimum absolute atomic E-state index is 0.0920. The van der Waals surface area contributed by atoms with Crippen LogP contribution in [0.3, 0.4) is 0 Å². The van der Waals surface area contributed by atoms with Crippen LogP contribution >= 0.6 is 11.3 Å². The van der Waals surface area contributed by atoms with Gasteiger partial charge in [0, 0.05) is 12.5 Å². The average Bonchev–Trinajstić information content (AvgIpc) is 2.68. The summed E-state index contributed by atoms with van der Waals surface area (Å²) in [6.45, 7) is 1.92. The number of carbonyl (C=O) groups is 1. The largest absolute Gasteiger partial charge is 0.328 e. The van der Waals surface area contributed by atoms with E-state index in [1.165, 1.54) is 0 Å². The summed E-state index contributed by atoms with van der Waals surface area (Å²) in [6.07, 6.45) is 1.74. The molecule has 4 heteroatoms. The van der Waals surface area contributed by atoms with Crippen LogP contribution in [0.15, 0.2) is 24.3 Å². The van der Waals surface area contributed by atoms with E-state index < -0.39 is 0 Å². The van der Waals surface area contributed by atoms with E-state index in [1.54, 1.807) is 11.3 Å². The van der Waals surface area contributed by atoms with E-state index in [0.717, 1.165) is 21.6 Å². The number of nitrogens with zero attached hydrogens (tertiary/aromatic N) is 1. The van der Waals surface area contributed by atoms with Crippen LogP contribution < -0.4 is 5.73 Å². The third kappa shape index (κ3) is 3.35. The van der Waals surface area contributed by atoms with Gasteiger partial charge in [-0.05, 0) is 25.5 Å². The van der Waals surface area contributed by atoms with Gasteiger partial charge in [0.05, 0.1) is 16.6 Å². The highest BCUT2D eigenvalue weighted by Gasteiger charge is 2.09. The molecule has 0 spiro atoms. The highest BCUT2D eigenvalue weighted by Crippen LogP contribution is 2.22. The van der Waals surface area contributed by atoms with Crippen molar-refractivity contribution in [3.05, 3.63) is 29.3 Å². The Morgan fingerprint density at radius 3 is 2.94 bits per heavy atom. The zero-order chi connectivity index (χ0) is 12.3. The number of ketones is 1. The van der Waals surface area contributed by atoms with Crippen LogP contribution in [-0.4, -0.2) is 16.8 Å². The summed E-state index contributed by atoms with van der Waals surface area (Å²) in [5.41, 5.74) is 6.61. The molecule has 1 heterocycles. The van der Waals surface area contributed by atoms with Crippen LogP contribution in [0.4, 0.5) is 0 Å². The minimum Gasteiger partial charge on any atom is -0.328 e. The van der Waals surface area contributed by atoms with Gasteiger partial charge in [0.15, 0.2) is 0 Å². The monoisotopic (exact) mass is 248 g/mol. The molecule has 1 atom stereocenters. The lowest BCUT2D eigenvalue weighted by Crippen LogP contribution is -2.16. The Balaban J connectivity index is 2.01. The van der Waals surface area contributed by atoms with Crippen molar-refractivity contribution >= 4 is 27.3 Å². The number of rotatable bonds is 5. The van der Waals surface area contributed by atoms with E-state index in [2.05, 4.69) is 4.98 Å². The molecular formula is C13H16N2OS. The van der Waals surface area contributed by atoms with Crippen LogP contribution in [0, 0.1) is 0 Å². The molecular weight excluding hydrogens is 232 g/mol. The van der Waals surface area contributed by atoms with Gasteiger partial charge in [0.2, 0.25) is 0 Å². The van der Waals surface area contributed by atoms with Crippen molar-refractivity contribution in [3.8, 4) is 0 Å². The number of hydrogen-bond acceptors (Lipinski definition) is 4. The highest BCUT2D eigenvalue weighted by atomic mass is 32.1. The lowest BCUT2D eigenvalue weighted by atomic mass is 10.1. The maximum atomic E-state index is 11.7. The number of benzene rings is 1. The summed E-state index contributed by atoms with van der Waals surface area (Å²) in [5, 5.41) is 0.904. The van der Waals surface area contributed by atoms with Gasteiger partial charge in [-0.3, -0.25) is 4.79 Å². The molecule has 2 rings (SSSR count). The third-order valence-electron chi connectivity index (χ3n) is 2.57. The quantitative estimate of drug-likeness (QED) is 0.884. The number of nitrogens with two attached hydrogens (primary N) is 1.